The molecule has 6 heteroatoms. The number of rotatable bonds is 5. The standard InChI is InChI=1S/C26H20FN3O2/c1-16-14-17(2)29-26-24(16)21(15-28)22(12-13-23(31)32)30(26)25(18-6-4-3-5-7-18)19-8-10-20(27)11-9-19/h3-14,25H,1-2H3,(H,31,32)/b13-12+. The van der Waals surface area contributed by atoms with Gasteiger partial charge < -0.3 is 9.67 Å². The molecule has 4 aromatic rings. The normalized spacial score (nSPS) is 12.2. The number of fused-ring (bicyclic) bond motifs is 1. The average Bonchev–Trinajstić information content (AvgIpc) is 3.08. The summed E-state index contributed by atoms with van der Waals surface area (Å²) in [6.07, 6.45) is 2.44. The first-order valence-corrected chi connectivity index (χ1v) is 10.0. The van der Waals surface area contributed by atoms with Gasteiger partial charge in [-0.25, -0.2) is 14.2 Å². The molecule has 0 amide bonds. The van der Waals surface area contributed by atoms with Crippen molar-refractivity contribution in [3.05, 3.63) is 106 Å². The molecule has 2 aromatic carbocycles. The van der Waals surface area contributed by atoms with Crippen LogP contribution in [0.3, 0.4) is 0 Å². The van der Waals surface area contributed by atoms with Crippen molar-refractivity contribution >= 4 is 23.1 Å². The highest BCUT2D eigenvalue weighted by atomic mass is 19.1. The Labute approximate surface area is 184 Å². The van der Waals surface area contributed by atoms with Gasteiger partial charge in [-0.1, -0.05) is 42.5 Å². The summed E-state index contributed by atoms with van der Waals surface area (Å²) in [5.74, 6) is -1.48. The van der Waals surface area contributed by atoms with Crippen LogP contribution in [0.2, 0.25) is 0 Å². The minimum atomic E-state index is -1.12. The van der Waals surface area contributed by atoms with Gasteiger partial charge in [0.25, 0.3) is 0 Å². The number of nitrogens with zero attached hydrogens (tertiary/aromatic N) is 3. The van der Waals surface area contributed by atoms with Crippen LogP contribution in [0.25, 0.3) is 17.1 Å². The molecule has 0 radical (unpaired) electrons. The van der Waals surface area contributed by atoms with E-state index < -0.39 is 12.0 Å². The van der Waals surface area contributed by atoms with Crippen LogP contribution in [-0.2, 0) is 4.79 Å². The number of pyridine rings is 1. The van der Waals surface area contributed by atoms with Gasteiger partial charge in [-0.05, 0) is 54.8 Å². The summed E-state index contributed by atoms with van der Waals surface area (Å²) in [4.78, 5) is 16.1. The number of carboxylic acid groups (broad SMARTS) is 1. The van der Waals surface area contributed by atoms with Crippen molar-refractivity contribution in [1.29, 1.82) is 5.26 Å². The smallest absolute Gasteiger partial charge is 0.328 e. The number of aromatic nitrogens is 2. The molecule has 0 saturated heterocycles. The van der Waals surface area contributed by atoms with Gasteiger partial charge in [0, 0.05) is 17.2 Å². The topological polar surface area (TPSA) is 78.9 Å². The number of aryl methyl sites for hydroxylation is 2. The molecule has 32 heavy (non-hydrogen) atoms. The first kappa shape index (κ1) is 21.0. The molecule has 158 valence electrons. The second-order valence-electron chi connectivity index (χ2n) is 7.56. The monoisotopic (exact) mass is 425 g/mol. The van der Waals surface area contributed by atoms with Gasteiger partial charge in [-0.3, -0.25) is 0 Å². The predicted molar refractivity (Wildman–Crippen MR) is 121 cm³/mol. The zero-order valence-electron chi connectivity index (χ0n) is 17.6. The van der Waals surface area contributed by atoms with Crippen molar-refractivity contribution in [1.82, 2.24) is 9.55 Å². The van der Waals surface area contributed by atoms with Crippen molar-refractivity contribution in [2.24, 2.45) is 0 Å². The van der Waals surface area contributed by atoms with E-state index >= 15 is 0 Å². The third-order valence-electron chi connectivity index (χ3n) is 5.37. The van der Waals surface area contributed by atoms with Crippen molar-refractivity contribution in [2.75, 3.05) is 0 Å². The van der Waals surface area contributed by atoms with E-state index in [1.165, 1.54) is 18.2 Å². The fourth-order valence-corrected chi connectivity index (χ4v) is 4.12. The van der Waals surface area contributed by atoms with Crippen molar-refractivity contribution in [3.8, 4) is 6.07 Å². The summed E-state index contributed by atoms with van der Waals surface area (Å²) in [5.41, 5.74) is 4.69. The highest BCUT2D eigenvalue weighted by Crippen LogP contribution is 2.37. The van der Waals surface area contributed by atoms with Gasteiger partial charge in [-0.15, -0.1) is 0 Å². The van der Waals surface area contributed by atoms with Crippen LogP contribution in [0, 0.1) is 31.0 Å². The van der Waals surface area contributed by atoms with Crippen LogP contribution < -0.4 is 0 Å². The third kappa shape index (κ3) is 3.77. The molecule has 2 aromatic heterocycles. The summed E-state index contributed by atoms with van der Waals surface area (Å²) in [5, 5.41) is 20.0. The molecular formula is C26H20FN3O2. The lowest BCUT2D eigenvalue weighted by atomic mass is 9.98. The van der Waals surface area contributed by atoms with Crippen LogP contribution in [0.5, 0.6) is 0 Å². The third-order valence-corrected chi connectivity index (χ3v) is 5.37. The van der Waals surface area contributed by atoms with Gasteiger partial charge in [0.2, 0.25) is 0 Å². The average molecular weight is 425 g/mol. The van der Waals surface area contributed by atoms with Crippen molar-refractivity contribution in [3.63, 3.8) is 0 Å². The zero-order chi connectivity index (χ0) is 22.8. The van der Waals surface area contributed by atoms with E-state index in [0.717, 1.165) is 28.5 Å². The maximum Gasteiger partial charge on any atom is 0.328 e. The largest absolute Gasteiger partial charge is 0.478 e. The Hall–Kier alpha value is -4.24. The quantitative estimate of drug-likeness (QED) is 0.434. The van der Waals surface area contributed by atoms with E-state index in [0.29, 0.717) is 22.3 Å². The predicted octanol–water partition coefficient (Wildman–Crippen LogP) is 5.40. The minimum Gasteiger partial charge on any atom is -0.478 e. The molecule has 5 nitrogen and oxygen atoms in total. The Kier molecular flexibility index (Phi) is 5.57. The maximum atomic E-state index is 13.7. The number of carboxylic acids is 1. The van der Waals surface area contributed by atoms with Crippen LogP contribution in [0.1, 0.15) is 39.7 Å². The Bertz CT molecular complexity index is 1380. The summed E-state index contributed by atoms with van der Waals surface area (Å²) >= 11 is 0. The molecule has 1 atom stereocenters. The fourth-order valence-electron chi connectivity index (χ4n) is 4.12. The van der Waals surface area contributed by atoms with Crippen LogP contribution >= 0.6 is 0 Å². The van der Waals surface area contributed by atoms with Gasteiger partial charge in [0.05, 0.1) is 17.3 Å². The number of halogens is 1. The van der Waals surface area contributed by atoms with E-state index in [1.807, 2.05) is 54.8 Å². The first-order chi connectivity index (χ1) is 15.4. The van der Waals surface area contributed by atoms with Gasteiger partial charge >= 0.3 is 5.97 Å². The summed E-state index contributed by atoms with van der Waals surface area (Å²) in [6.45, 7) is 3.78. The molecule has 0 saturated carbocycles. The SMILES string of the molecule is Cc1cc(C)c2c(C#N)c(/C=C/C(=O)O)n(C(c3ccccc3)c3ccc(F)cc3)c2n1. The summed E-state index contributed by atoms with van der Waals surface area (Å²) < 4.78 is 15.6. The lowest BCUT2D eigenvalue weighted by Gasteiger charge is -2.23. The second kappa shape index (κ2) is 8.48. The van der Waals surface area contributed by atoms with Crippen molar-refractivity contribution in [2.45, 2.75) is 19.9 Å². The van der Waals surface area contributed by atoms with E-state index in [2.05, 4.69) is 6.07 Å². The van der Waals surface area contributed by atoms with E-state index in [-0.39, 0.29) is 5.82 Å². The summed E-state index contributed by atoms with van der Waals surface area (Å²) in [6, 6.07) is 19.4. The highest BCUT2D eigenvalue weighted by molar-refractivity contribution is 5.94. The van der Waals surface area contributed by atoms with Gasteiger partial charge in [0.1, 0.15) is 17.5 Å². The minimum absolute atomic E-state index is 0.352. The van der Waals surface area contributed by atoms with Crippen LogP contribution in [0.15, 0.2) is 66.7 Å². The molecule has 0 aliphatic heterocycles. The van der Waals surface area contributed by atoms with Crippen molar-refractivity contribution < 1.29 is 14.3 Å². The van der Waals surface area contributed by atoms with Crippen LogP contribution in [0.4, 0.5) is 4.39 Å². The molecule has 4 rings (SSSR count). The Morgan fingerprint density at radius 3 is 2.41 bits per heavy atom. The highest BCUT2D eigenvalue weighted by Gasteiger charge is 2.26. The van der Waals surface area contributed by atoms with Gasteiger partial charge in [-0.2, -0.15) is 5.26 Å². The Morgan fingerprint density at radius 1 is 1.12 bits per heavy atom. The number of nitriles is 1. The van der Waals surface area contributed by atoms with E-state index in [1.54, 1.807) is 12.1 Å². The molecule has 0 fully saturated rings. The molecule has 0 bridgehead atoms. The Balaban J connectivity index is 2.16. The molecule has 1 N–H and O–H groups in total. The van der Waals surface area contributed by atoms with E-state index in [9.17, 15) is 19.6 Å². The second-order valence-corrected chi connectivity index (χ2v) is 7.56. The molecule has 0 spiro atoms. The lowest BCUT2D eigenvalue weighted by molar-refractivity contribution is -0.131. The van der Waals surface area contributed by atoms with Crippen LogP contribution in [-0.4, -0.2) is 20.6 Å². The number of carbonyl (C=O) groups is 1. The molecule has 1 unspecified atom stereocenters. The number of benzene rings is 2. The molecule has 0 aliphatic rings. The molecular weight excluding hydrogens is 405 g/mol. The molecule has 2 heterocycles. The lowest BCUT2D eigenvalue weighted by Crippen LogP contribution is -2.15. The van der Waals surface area contributed by atoms with Gasteiger partial charge in [0.15, 0.2) is 0 Å². The number of hydrogen-bond donors (Lipinski definition) is 1. The number of hydrogen-bond acceptors (Lipinski definition) is 3. The zero-order valence-corrected chi connectivity index (χ0v) is 17.6. The number of aliphatic carboxylic acids is 1. The van der Waals surface area contributed by atoms with E-state index in [4.69, 9.17) is 4.98 Å². The maximum absolute atomic E-state index is 13.7. The summed E-state index contributed by atoms with van der Waals surface area (Å²) in [7, 11) is 0. The first-order valence-electron chi connectivity index (χ1n) is 10.0. The molecule has 0 aliphatic carbocycles. The Morgan fingerprint density at radius 2 is 1.78 bits per heavy atom. The fraction of sp³-hybridized carbons (Fsp3) is 0.115.